The fraction of sp³-hybridized carbons (Fsp3) is 0.800. The summed E-state index contributed by atoms with van der Waals surface area (Å²) in [5.41, 5.74) is 0. The Hall–Kier alpha value is -0.568. The quantitative estimate of drug-likeness (QED) is 0.383. The van der Waals surface area contributed by atoms with E-state index in [2.05, 4.69) is 0 Å². The van der Waals surface area contributed by atoms with Crippen molar-refractivity contribution in [3.05, 3.63) is 0 Å². The maximum absolute atomic E-state index is 10.0. The smallest absolute Gasteiger partial charge is 0.870 e. The topological polar surface area (TPSA) is 110 Å². The summed E-state index contributed by atoms with van der Waals surface area (Å²) in [5, 5.41) is 20.1. The number of rotatable bonds is 9. The molecule has 0 aromatic rings. The van der Waals surface area contributed by atoms with Crippen LogP contribution in [0.1, 0.15) is 51.4 Å². The van der Waals surface area contributed by atoms with Gasteiger partial charge in [-0.25, -0.2) is 0 Å². The average molecular weight is 244 g/mol. The SMILES string of the molecule is O=C([O-])CCCCCCCCC(=O)[O-].[Al+3].[OH-]. The van der Waals surface area contributed by atoms with Crippen LogP contribution >= 0.6 is 0 Å². The molecule has 0 atom stereocenters. The van der Waals surface area contributed by atoms with E-state index in [4.69, 9.17) is 0 Å². The summed E-state index contributed by atoms with van der Waals surface area (Å²) in [6.45, 7) is 0. The predicted molar refractivity (Wildman–Crippen MR) is 54.6 cm³/mol. The molecule has 6 heteroatoms. The van der Waals surface area contributed by atoms with Crippen molar-refractivity contribution in [1.29, 1.82) is 0 Å². The number of carbonyl (C=O) groups is 2. The van der Waals surface area contributed by atoms with Gasteiger partial charge < -0.3 is 25.3 Å². The van der Waals surface area contributed by atoms with Crippen LogP contribution in [0.3, 0.4) is 0 Å². The maximum atomic E-state index is 10.0. The normalized spacial score (nSPS) is 8.75. The largest absolute Gasteiger partial charge is 3.00 e. The van der Waals surface area contributed by atoms with E-state index in [-0.39, 0.29) is 35.7 Å². The molecular weight excluding hydrogens is 227 g/mol. The predicted octanol–water partition coefficient (Wildman–Crippen LogP) is -0.951. The van der Waals surface area contributed by atoms with Crippen LogP contribution in [0, 0.1) is 0 Å². The number of aliphatic carboxylic acids is 2. The van der Waals surface area contributed by atoms with Crippen LogP contribution in [-0.4, -0.2) is 34.8 Å². The van der Waals surface area contributed by atoms with Gasteiger partial charge >= 0.3 is 17.4 Å². The van der Waals surface area contributed by atoms with Crippen LogP contribution in [0.4, 0.5) is 0 Å². The van der Waals surface area contributed by atoms with Gasteiger partial charge in [-0.3, -0.25) is 0 Å². The summed E-state index contributed by atoms with van der Waals surface area (Å²) < 4.78 is 0. The molecule has 0 unspecified atom stereocenters. The molecule has 0 heterocycles. The summed E-state index contributed by atoms with van der Waals surface area (Å²) in [6, 6.07) is 0. The second-order valence-corrected chi connectivity index (χ2v) is 3.37. The van der Waals surface area contributed by atoms with Crippen molar-refractivity contribution in [1.82, 2.24) is 0 Å². The van der Waals surface area contributed by atoms with Gasteiger partial charge in [0.25, 0.3) is 0 Å². The Kier molecular flexibility index (Phi) is 18.8. The van der Waals surface area contributed by atoms with Gasteiger partial charge in [0.1, 0.15) is 0 Å². The summed E-state index contributed by atoms with van der Waals surface area (Å²) in [6.07, 6.45) is 5.23. The Balaban J connectivity index is -0.000000845. The minimum absolute atomic E-state index is 0. The summed E-state index contributed by atoms with van der Waals surface area (Å²) >= 11 is 0. The molecule has 0 aliphatic heterocycles. The first kappa shape index (κ1) is 20.8. The first-order chi connectivity index (χ1) is 6.63. The zero-order valence-corrected chi connectivity index (χ0v) is 10.5. The number of carboxylic acid groups (broad SMARTS) is 2. The van der Waals surface area contributed by atoms with Crippen LogP contribution in [0.15, 0.2) is 0 Å². The molecule has 0 bridgehead atoms. The van der Waals surface area contributed by atoms with Gasteiger partial charge in [0.05, 0.1) is 0 Å². The van der Waals surface area contributed by atoms with E-state index in [0.717, 1.165) is 25.7 Å². The van der Waals surface area contributed by atoms with Gasteiger partial charge in [-0.05, 0) is 25.7 Å². The molecule has 0 spiro atoms. The third-order valence-electron chi connectivity index (χ3n) is 2.01. The van der Waals surface area contributed by atoms with E-state index >= 15 is 0 Å². The zero-order chi connectivity index (χ0) is 10.8. The number of unbranched alkanes of at least 4 members (excludes halogenated alkanes) is 5. The van der Waals surface area contributed by atoms with Crippen molar-refractivity contribution in [3.63, 3.8) is 0 Å². The van der Waals surface area contributed by atoms with Gasteiger partial charge in [-0.2, -0.15) is 0 Å². The van der Waals surface area contributed by atoms with Crippen molar-refractivity contribution in [3.8, 4) is 0 Å². The molecule has 5 nitrogen and oxygen atoms in total. The Bertz CT molecular complexity index is 164. The minimum Gasteiger partial charge on any atom is -0.870 e. The number of hydrogen-bond donors (Lipinski definition) is 0. The van der Waals surface area contributed by atoms with Crippen LogP contribution in [-0.2, 0) is 9.59 Å². The van der Waals surface area contributed by atoms with Crippen LogP contribution < -0.4 is 10.2 Å². The molecule has 0 rings (SSSR count). The van der Waals surface area contributed by atoms with Crippen molar-refractivity contribution in [2.45, 2.75) is 51.4 Å². The van der Waals surface area contributed by atoms with E-state index in [0.29, 0.717) is 12.8 Å². The first-order valence-corrected chi connectivity index (χ1v) is 5.02. The summed E-state index contributed by atoms with van der Waals surface area (Å²) in [5.74, 6) is -2.00. The Labute approximate surface area is 106 Å². The van der Waals surface area contributed by atoms with E-state index in [1.54, 1.807) is 0 Å². The van der Waals surface area contributed by atoms with Crippen molar-refractivity contribution >= 4 is 29.3 Å². The van der Waals surface area contributed by atoms with Crippen LogP contribution in [0.2, 0.25) is 0 Å². The molecule has 0 aliphatic rings. The molecule has 0 amide bonds. The molecule has 0 aromatic carbocycles. The second-order valence-electron chi connectivity index (χ2n) is 3.37. The van der Waals surface area contributed by atoms with E-state index < -0.39 is 11.9 Å². The number of carbonyl (C=O) groups excluding carboxylic acids is 2. The van der Waals surface area contributed by atoms with Gasteiger partial charge in [-0.1, -0.05) is 25.7 Å². The monoisotopic (exact) mass is 244 g/mol. The van der Waals surface area contributed by atoms with Crippen molar-refractivity contribution < 1.29 is 25.3 Å². The molecule has 16 heavy (non-hydrogen) atoms. The fourth-order valence-electron chi connectivity index (χ4n) is 1.25. The van der Waals surface area contributed by atoms with Gasteiger partial charge in [0, 0.05) is 11.9 Å². The second kappa shape index (κ2) is 14.4. The maximum Gasteiger partial charge on any atom is 3.00 e. The van der Waals surface area contributed by atoms with Crippen LogP contribution in [0.25, 0.3) is 0 Å². The molecule has 1 N–H and O–H groups in total. The third kappa shape index (κ3) is 19.1. The summed E-state index contributed by atoms with van der Waals surface area (Å²) in [7, 11) is 0. The molecule has 0 fully saturated rings. The minimum atomic E-state index is -0.998. The Morgan fingerprint density at radius 2 is 0.938 bits per heavy atom. The molecular formula is C10H17AlO5. The van der Waals surface area contributed by atoms with Gasteiger partial charge in [0.15, 0.2) is 0 Å². The number of carboxylic acids is 2. The molecule has 0 saturated heterocycles. The van der Waals surface area contributed by atoms with E-state index in [9.17, 15) is 19.8 Å². The Morgan fingerprint density at radius 3 is 1.19 bits per heavy atom. The Morgan fingerprint density at radius 1 is 0.688 bits per heavy atom. The number of hydrogen-bond acceptors (Lipinski definition) is 5. The molecule has 90 valence electrons. The summed E-state index contributed by atoms with van der Waals surface area (Å²) in [4.78, 5) is 20.1. The standard InChI is InChI=1S/C10H18O4.Al.H2O/c11-9(12)7-5-3-1-2-4-6-8-10(13)14;;/h1-8H2,(H,11,12)(H,13,14);;1H2/q;+3;/p-3. The molecule has 0 aliphatic carbocycles. The van der Waals surface area contributed by atoms with Crippen molar-refractivity contribution in [2.75, 3.05) is 0 Å². The van der Waals surface area contributed by atoms with E-state index in [1.165, 1.54) is 0 Å². The molecule has 0 saturated carbocycles. The van der Waals surface area contributed by atoms with Gasteiger partial charge in [0.2, 0.25) is 0 Å². The molecule has 0 aromatic heterocycles. The van der Waals surface area contributed by atoms with Crippen molar-refractivity contribution in [2.24, 2.45) is 0 Å². The fourth-order valence-corrected chi connectivity index (χ4v) is 1.25. The first-order valence-electron chi connectivity index (χ1n) is 5.02. The van der Waals surface area contributed by atoms with Crippen LogP contribution in [0.5, 0.6) is 0 Å². The van der Waals surface area contributed by atoms with Gasteiger partial charge in [-0.15, -0.1) is 0 Å². The molecule has 0 radical (unpaired) electrons. The average Bonchev–Trinajstić information content (AvgIpc) is 2.08. The third-order valence-corrected chi connectivity index (χ3v) is 2.01. The van der Waals surface area contributed by atoms with E-state index in [1.807, 2.05) is 0 Å². The zero-order valence-electron chi connectivity index (χ0n) is 9.31.